The molecule has 0 saturated carbocycles. The van der Waals surface area contributed by atoms with E-state index in [4.69, 9.17) is 9.47 Å². The summed E-state index contributed by atoms with van der Waals surface area (Å²) in [4.78, 5) is 1.39. The highest BCUT2D eigenvalue weighted by molar-refractivity contribution is 5.28. The van der Waals surface area contributed by atoms with E-state index in [0.717, 1.165) is 38.6 Å². The molecule has 1 saturated heterocycles. The zero-order valence-electron chi connectivity index (χ0n) is 12.5. The minimum atomic E-state index is -0.423. The third kappa shape index (κ3) is 4.78. The first-order chi connectivity index (χ1) is 9.65. The van der Waals surface area contributed by atoms with Crippen molar-refractivity contribution in [2.45, 2.75) is 25.9 Å². The molecule has 0 amide bonds. The molecule has 0 bridgehead atoms. The zero-order valence-corrected chi connectivity index (χ0v) is 12.5. The number of quaternary nitrogens is 1. The summed E-state index contributed by atoms with van der Waals surface area (Å²) >= 11 is 0. The van der Waals surface area contributed by atoms with Crippen LogP contribution >= 0.6 is 0 Å². The molecule has 2 N–H and O–H groups in total. The molecule has 4 nitrogen and oxygen atoms in total. The second-order valence-electron chi connectivity index (χ2n) is 5.76. The molecule has 2 rings (SSSR count). The predicted molar refractivity (Wildman–Crippen MR) is 78.4 cm³/mol. The fourth-order valence-corrected chi connectivity index (χ4v) is 2.40. The molecule has 1 atom stereocenters. The summed E-state index contributed by atoms with van der Waals surface area (Å²) < 4.78 is 11.0. The van der Waals surface area contributed by atoms with Crippen LogP contribution in [0, 0.1) is 0 Å². The molecule has 4 heteroatoms. The van der Waals surface area contributed by atoms with Crippen LogP contribution in [0.25, 0.3) is 0 Å². The summed E-state index contributed by atoms with van der Waals surface area (Å²) in [6, 6.07) is 8.12. The van der Waals surface area contributed by atoms with Crippen LogP contribution in [0.2, 0.25) is 0 Å². The van der Waals surface area contributed by atoms with Crippen molar-refractivity contribution < 1.29 is 19.5 Å². The second-order valence-corrected chi connectivity index (χ2v) is 5.76. The van der Waals surface area contributed by atoms with Crippen LogP contribution in [-0.2, 0) is 4.74 Å². The maximum Gasteiger partial charge on any atom is 0.137 e. The molecule has 1 aliphatic heterocycles. The van der Waals surface area contributed by atoms with E-state index >= 15 is 0 Å². The van der Waals surface area contributed by atoms with Crippen molar-refractivity contribution in [2.75, 3.05) is 39.5 Å². The number of hydrogen-bond acceptors (Lipinski definition) is 3. The van der Waals surface area contributed by atoms with Crippen LogP contribution in [0.4, 0.5) is 0 Å². The normalized spacial score (nSPS) is 18.2. The first-order valence-corrected chi connectivity index (χ1v) is 7.47. The third-order valence-electron chi connectivity index (χ3n) is 3.71. The summed E-state index contributed by atoms with van der Waals surface area (Å²) in [5.41, 5.74) is 1.30. The number of aliphatic hydroxyl groups excluding tert-OH is 1. The van der Waals surface area contributed by atoms with Gasteiger partial charge in [-0.3, -0.25) is 0 Å². The lowest BCUT2D eigenvalue weighted by atomic mass is 10.0. The van der Waals surface area contributed by atoms with Gasteiger partial charge in [-0.25, -0.2) is 0 Å². The van der Waals surface area contributed by atoms with Crippen LogP contribution in [0.5, 0.6) is 5.75 Å². The van der Waals surface area contributed by atoms with Gasteiger partial charge in [0.2, 0.25) is 0 Å². The molecule has 0 aliphatic carbocycles. The average Bonchev–Trinajstić information content (AvgIpc) is 2.46. The number of nitrogens with one attached hydrogen (secondary N) is 1. The van der Waals surface area contributed by atoms with E-state index < -0.39 is 6.10 Å². The first-order valence-electron chi connectivity index (χ1n) is 7.47. The number of aliphatic hydroxyl groups is 1. The summed E-state index contributed by atoms with van der Waals surface area (Å²) in [5, 5.41) is 10.0. The minimum Gasteiger partial charge on any atom is -0.491 e. The molecule has 112 valence electrons. The Morgan fingerprint density at radius 3 is 2.45 bits per heavy atom. The number of benzene rings is 1. The molecule has 1 fully saturated rings. The Morgan fingerprint density at radius 1 is 1.20 bits per heavy atom. The van der Waals surface area contributed by atoms with Crippen molar-refractivity contribution in [2.24, 2.45) is 0 Å². The Balaban J connectivity index is 1.73. The highest BCUT2D eigenvalue weighted by Gasteiger charge is 2.18. The molecular formula is C16H26NO3+. The maximum atomic E-state index is 10.0. The van der Waals surface area contributed by atoms with Crippen molar-refractivity contribution in [3.05, 3.63) is 29.8 Å². The van der Waals surface area contributed by atoms with Gasteiger partial charge in [-0.15, -0.1) is 0 Å². The molecule has 0 radical (unpaired) electrons. The summed E-state index contributed by atoms with van der Waals surface area (Å²) in [6.45, 7) is 8.95. The first kappa shape index (κ1) is 15.3. The van der Waals surface area contributed by atoms with Gasteiger partial charge in [0, 0.05) is 0 Å². The largest absolute Gasteiger partial charge is 0.491 e. The molecule has 1 heterocycles. The highest BCUT2D eigenvalue weighted by Crippen LogP contribution is 2.18. The highest BCUT2D eigenvalue weighted by atomic mass is 16.5. The van der Waals surface area contributed by atoms with Gasteiger partial charge in [0.25, 0.3) is 0 Å². The smallest absolute Gasteiger partial charge is 0.137 e. The van der Waals surface area contributed by atoms with Gasteiger partial charge in [0.1, 0.15) is 38.1 Å². The average molecular weight is 280 g/mol. The zero-order chi connectivity index (χ0) is 14.4. The van der Waals surface area contributed by atoms with E-state index in [9.17, 15) is 5.11 Å². The number of rotatable bonds is 6. The van der Waals surface area contributed by atoms with Crippen LogP contribution in [0.15, 0.2) is 24.3 Å². The molecule has 1 aromatic rings. The molecule has 1 aromatic carbocycles. The molecule has 0 unspecified atom stereocenters. The molecular weight excluding hydrogens is 254 g/mol. The Bertz CT molecular complexity index is 385. The summed E-state index contributed by atoms with van der Waals surface area (Å²) in [6.07, 6.45) is -0.423. The Hall–Kier alpha value is -1.10. The molecule has 1 aliphatic rings. The van der Waals surface area contributed by atoms with Crippen LogP contribution in [-0.4, -0.2) is 50.7 Å². The summed E-state index contributed by atoms with van der Waals surface area (Å²) in [7, 11) is 0. The van der Waals surface area contributed by atoms with Gasteiger partial charge >= 0.3 is 0 Å². The van der Waals surface area contributed by atoms with Gasteiger partial charge in [-0.2, -0.15) is 0 Å². The summed E-state index contributed by atoms with van der Waals surface area (Å²) in [5.74, 6) is 1.35. The van der Waals surface area contributed by atoms with Crippen LogP contribution in [0.1, 0.15) is 25.3 Å². The van der Waals surface area contributed by atoms with Crippen molar-refractivity contribution >= 4 is 0 Å². The lowest BCUT2D eigenvalue weighted by Crippen LogP contribution is -3.15. The van der Waals surface area contributed by atoms with Crippen molar-refractivity contribution in [1.82, 2.24) is 0 Å². The topological polar surface area (TPSA) is 43.1 Å². The van der Waals surface area contributed by atoms with E-state index in [1.807, 2.05) is 12.1 Å². The van der Waals surface area contributed by atoms with Crippen LogP contribution < -0.4 is 9.64 Å². The SMILES string of the molecule is CC(C)c1ccc(OC[C@@H](O)C[NH+]2CCOCC2)cc1. The Morgan fingerprint density at radius 2 is 1.85 bits per heavy atom. The lowest BCUT2D eigenvalue weighted by Gasteiger charge is -2.25. The lowest BCUT2D eigenvalue weighted by molar-refractivity contribution is -0.911. The third-order valence-corrected chi connectivity index (χ3v) is 3.71. The second kappa shape index (κ2) is 7.62. The van der Waals surface area contributed by atoms with Gasteiger partial charge in [-0.1, -0.05) is 26.0 Å². The maximum absolute atomic E-state index is 10.0. The monoisotopic (exact) mass is 280 g/mol. The van der Waals surface area contributed by atoms with Gasteiger partial charge in [0.15, 0.2) is 0 Å². The van der Waals surface area contributed by atoms with Crippen molar-refractivity contribution in [1.29, 1.82) is 0 Å². The van der Waals surface area contributed by atoms with Gasteiger partial charge in [-0.05, 0) is 23.6 Å². The van der Waals surface area contributed by atoms with Gasteiger partial charge in [0.05, 0.1) is 13.2 Å². The molecule has 0 spiro atoms. The fourth-order valence-electron chi connectivity index (χ4n) is 2.40. The quantitative estimate of drug-likeness (QED) is 0.796. The number of ether oxygens (including phenoxy) is 2. The number of morpholine rings is 1. The van der Waals surface area contributed by atoms with E-state index in [0.29, 0.717) is 12.5 Å². The Kier molecular flexibility index (Phi) is 5.83. The van der Waals surface area contributed by atoms with E-state index in [1.54, 1.807) is 0 Å². The van der Waals surface area contributed by atoms with Crippen molar-refractivity contribution in [3.63, 3.8) is 0 Å². The molecule has 0 aromatic heterocycles. The van der Waals surface area contributed by atoms with Crippen molar-refractivity contribution in [3.8, 4) is 5.75 Å². The van der Waals surface area contributed by atoms with E-state index in [-0.39, 0.29) is 0 Å². The standard InChI is InChI=1S/C16H25NO3/c1-13(2)14-3-5-16(6-4-14)20-12-15(18)11-17-7-9-19-10-8-17/h3-6,13,15,18H,7-12H2,1-2H3/p+1/t15-/m0/s1. The predicted octanol–water partition coefficient (Wildman–Crippen LogP) is 0.465. The molecule has 20 heavy (non-hydrogen) atoms. The van der Waals surface area contributed by atoms with Gasteiger partial charge < -0.3 is 19.5 Å². The van der Waals surface area contributed by atoms with E-state index in [1.165, 1.54) is 10.5 Å². The minimum absolute atomic E-state index is 0.353. The number of hydrogen-bond donors (Lipinski definition) is 2. The Labute approximate surface area is 121 Å². The van der Waals surface area contributed by atoms with E-state index in [2.05, 4.69) is 26.0 Å². The van der Waals surface area contributed by atoms with Crippen LogP contribution in [0.3, 0.4) is 0 Å². The fraction of sp³-hybridized carbons (Fsp3) is 0.625.